The molecule has 0 radical (unpaired) electrons. The Morgan fingerprint density at radius 3 is 2.71 bits per heavy atom. The average Bonchev–Trinajstić information content (AvgIpc) is 2.36. The van der Waals surface area contributed by atoms with Gasteiger partial charge in [0.2, 0.25) is 0 Å². The molecular formula is C14H20N2O. The van der Waals surface area contributed by atoms with Crippen LogP contribution in [0.15, 0.2) is 24.3 Å². The molecule has 1 aromatic carbocycles. The molecule has 0 saturated carbocycles. The number of hydrogen-bond donors (Lipinski definition) is 1. The van der Waals surface area contributed by atoms with Crippen LogP contribution in [0.2, 0.25) is 0 Å². The van der Waals surface area contributed by atoms with Gasteiger partial charge in [0.05, 0.1) is 12.2 Å². The Labute approximate surface area is 103 Å². The average molecular weight is 232 g/mol. The topological polar surface area (TPSA) is 45.0 Å². The molecule has 92 valence electrons. The van der Waals surface area contributed by atoms with Crippen LogP contribution in [0, 0.1) is 11.3 Å². The molecule has 0 spiro atoms. The molecule has 0 aliphatic heterocycles. The molecule has 0 aliphatic rings. The number of anilines is 1. The first kappa shape index (κ1) is 13.4. The molecule has 1 N–H and O–H groups in total. The van der Waals surface area contributed by atoms with Gasteiger partial charge in [-0.05, 0) is 31.9 Å². The third-order valence-electron chi connectivity index (χ3n) is 2.65. The molecule has 2 unspecified atom stereocenters. The Balaban J connectivity index is 2.69. The van der Waals surface area contributed by atoms with Crippen LogP contribution in [-0.4, -0.2) is 12.1 Å². The number of rotatable bonds is 6. The molecule has 0 heterocycles. The first-order chi connectivity index (χ1) is 8.19. The molecule has 1 rings (SSSR count). The van der Waals surface area contributed by atoms with Gasteiger partial charge in [0.1, 0.15) is 11.8 Å². The van der Waals surface area contributed by atoms with E-state index in [-0.39, 0.29) is 12.1 Å². The zero-order valence-corrected chi connectivity index (χ0v) is 10.7. The van der Waals surface area contributed by atoms with E-state index in [2.05, 4.69) is 18.3 Å². The van der Waals surface area contributed by atoms with Gasteiger partial charge in [0.25, 0.3) is 0 Å². The standard InChI is InChI=1S/C14H20N2O/c1-4-11(3)17-14-8-6-7-13(9-14)16-12(5-2)10-15/h6-9,11-12,16H,4-5H2,1-3H3. The monoisotopic (exact) mass is 232 g/mol. The van der Waals surface area contributed by atoms with Crippen LogP contribution in [0.5, 0.6) is 5.75 Å². The molecule has 17 heavy (non-hydrogen) atoms. The summed E-state index contributed by atoms with van der Waals surface area (Å²) in [7, 11) is 0. The van der Waals surface area contributed by atoms with Crippen LogP contribution < -0.4 is 10.1 Å². The van der Waals surface area contributed by atoms with Crippen LogP contribution >= 0.6 is 0 Å². The molecule has 1 aromatic rings. The van der Waals surface area contributed by atoms with Gasteiger partial charge in [-0.25, -0.2) is 0 Å². The number of hydrogen-bond acceptors (Lipinski definition) is 3. The van der Waals surface area contributed by atoms with Crippen LogP contribution in [-0.2, 0) is 0 Å². The van der Waals surface area contributed by atoms with Gasteiger partial charge in [-0.1, -0.05) is 19.9 Å². The Hall–Kier alpha value is -1.69. The third-order valence-corrected chi connectivity index (χ3v) is 2.65. The van der Waals surface area contributed by atoms with Gasteiger partial charge in [0, 0.05) is 11.8 Å². The van der Waals surface area contributed by atoms with E-state index in [1.165, 1.54) is 0 Å². The summed E-state index contributed by atoms with van der Waals surface area (Å²) in [6.45, 7) is 6.13. The highest BCUT2D eigenvalue weighted by atomic mass is 16.5. The van der Waals surface area contributed by atoms with Crippen LogP contribution in [0.3, 0.4) is 0 Å². The van der Waals surface area contributed by atoms with Crippen molar-refractivity contribution in [1.82, 2.24) is 0 Å². The van der Waals surface area contributed by atoms with Gasteiger partial charge in [-0.15, -0.1) is 0 Å². The maximum atomic E-state index is 8.90. The number of nitrogens with zero attached hydrogens (tertiary/aromatic N) is 1. The first-order valence-electron chi connectivity index (χ1n) is 6.12. The summed E-state index contributed by atoms with van der Waals surface area (Å²) >= 11 is 0. The second kappa shape index (κ2) is 6.80. The minimum Gasteiger partial charge on any atom is -0.491 e. The van der Waals surface area contributed by atoms with E-state index in [1.54, 1.807) is 0 Å². The lowest BCUT2D eigenvalue weighted by molar-refractivity contribution is 0.217. The van der Waals surface area contributed by atoms with E-state index in [9.17, 15) is 0 Å². The summed E-state index contributed by atoms with van der Waals surface area (Å²) in [4.78, 5) is 0. The largest absolute Gasteiger partial charge is 0.491 e. The number of nitrogens with one attached hydrogen (secondary N) is 1. The lowest BCUT2D eigenvalue weighted by atomic mass is 10.2. The van der Waals surface area contributed by atoms with Crippen molar-refractivity contribution in [3.05, 3.63) is 24.3 Å². The summed E-state index contributed by atoms with van der Waals surface area (Å²) in [6, 6.07) is 9.83. The summed E-state index contributed by atoms with van der Waals surface area (Å²) in [5.41, 5.74) is 0.930. The van der Waals surface area contributed by atoms with E-state index in [0.717, 1.165) is 24.3 Å². The lowest BCUT2D eigenvalue weighted by Gasteiger charge is -2.15. The van der Waals surface area contributed by atoms with Crippen molar-refractivity contribution in [3.63, 3.8) is 0 Å². The predicted octanol–water partition coefficient (Wildman–Crippen LogP) is 3.58. The quantitative estimate of drug-likeness (QED) is 0.815. The van der Waals surface area contributed by atoms with Crippen molar-refractivity contribution in [2.75, 3.05) is 5.32 Å². The molecule has 3 nitrogen and oxygen atoms in total. The van der Waals surface area contributed by atoms with Crippen molar-refractivity contribution >= 4 is 5.69 Å². The van der Waals surface area contributed by atoms with Crippen molar-refractivity contribution in [2.45, 2.75) is 45.8 Å². The van der Waals surface area contributed by atoms with Crippen molar-refractivity contribution in [3.8, 4) is 11.8 Å². The molecule has 0 amide bonds. The van der Waals surface area contributed by atoms with Gasteiger partial charge >= 0.3 is 0 Å². The Morgan fingerprint density at radius 2 is 2.12 bits per heavy atom. The molecule has 0 aromatic heterocycles. The molecule has 3 heteroatoms. The number of benzene rings is 1. The number of nitriles is 1. The summed E-state index contributed by atoms with van der Waals surface area (Å²) in [5, 5.41) is 12.1. The smallest absolute Gasteiger partial charge is 0.121 e. The maximum Gasteiger partial charge on any atom is 0.121 e. The van der Waals surface area contributed by atoms with E-state index >= 15 is 0 Å². The zero-order chi connectivity index (χ0) is 12.7. The third kappa shape index (κ3) is 4.36. The van der Waals surface area contributed by atoms with Crippen molar-refractivity contribution < 1.29 is 4.74 Å². The number of ether oxygens (including phenoxy) is 1. The maximum absolute atomic E-state index is 8.90. The van der Waals surface area contributed by atoms with Crippen LogP contribution in [0.25, 0.3) is 0 Å². The Bertz CT molecular complexity index is 384. The fourth-order valence-electron chi connectivity index (χ4n) is 1.40. The zero-order valence-electron chi connectivity index (χ0n) is 10.7. The van der Waals surface area contributed by atoms with Crippen LogP contribution in [0.4, 0.5) is 5.69 Å². The summed E-state index contributed by atoms with van der Waals surface area (Å²) in [6.07, 6.45) is 1.98. The molecule has 0 fully saturated rings. The molecule has 0 aliphatic carbocycles. The fraction of sp³-hybridized carbons (Fsp3) is 0.500. The second-order valence-corrected chi connectivity index (χ2v) is 4.10. The van der Waals surface area contributed by atoms with E-state index in [0.29, 0.717) is 0 Å². The molecular weight excluding hydrogens is 212 g/mol. The Kier molecular flexibility index (Phi) is 5.35. The minimum absolute atomic E-state index is 0.145. The van der Waals surface area contributed by atoms with Gasteiger partial charge in [-0.2, -0.15) is 5.26 Å². The van der Waals surface area contributed by atoms with Crippen LogP contribution in [0.1, 0.15) is 33.6 Å². The highest BCUT2D eigenvalue weighted by Gasteiger charge is 2.05. The normalized spacial score (nSPS) is 13.5. The molecule has 0 saturated heterocycles. The highest BCUT2D eigenvalue weighted by molar-refractivity contribution is 5.49. The Morgan fingerprint density at radius 1 is 1.35 bits per heavy atom. The van der Waals surface area contributed by atoms with E-state index in [1.807, 2.05) is 38.1 Å². The second-order valence-electron chi connectivity index (χ2n) is 4.10. The molecule has 2 atom stereocenters. The SMILES string of the molecule is CCC(C#N)Nc1cccc(OC(C)CC)c1. The van der Waals surface area contributed by atoms with Gasteiger partial charge in [-0.3, -0.25) is 0 Å². The summed E-state index contributed by atoms with van der Waals surface area (Å²) in [5.74, 6) is 0.845. The summed E-state index contributed by atoms with van der Waals surface area (Å²) < 4.78 is 5.73. The minimum atomic E-state index is -0.145. The fourth-order valence-corrected chi connectivity index (χ4v) is 1.40. The van der Waals surface area contributed by atoms with E-state index in [4.69, 9.17) is 10.00 Å². The van der Waals surface area contributed by atoms with Gasteiger partial charge < -0.3 is 10.1 Å². The lowest BCUT2D eigenvalue weighted by Crippen LogP contribution is -2.16. The predicted molar refractivity (Wildman–Crippen MR) is 70.1 cm³/mol. The first-order valence-corrected chi connectivity index (χ1v) is 6.12. The highest BCUT2D eigenvalue weighted by Crippen LogP contribution is 2.20. The van der Waals surface area contributed by atoms with Crippen molar-refractivity contribution in [1.29, 1.82) is 5.26 Å². The van der Waals surface area contributed by atoms with E-state index < -0.39 is 0 Å². The molecule has 0 bridgehead atoms. The van der Waals surface area contributed by atoms with Crippen molar-refractivity contribution in [2.24, 2.45) is 0 Å². The van der Waals surface area contributed by atoms with Gasteiger partial charge in [0.15, 0.2) is 0 Å².